The summed E-state index contributed by atoms with van der Waals surface area (Å²) in [6, 6.07) is 0. The molecule has 0 heterocycles. The molecule has 0 radical (unpaired) electrons. The molecule has 0 rings (SSSR count). The van der Waals surface area contributed by atoms with Gasteiger partial charge in [0, 0.05) is 0 Å². The molecule has 0 saturated carbocycles. The molecule has 0 aliphatic heterocycles. The van der Waals surface area contributed by atoms with Crippen molar-refractivity contribution in [2.24, 2.45) is 0 Å². The van der Waals surface area contributed by atoms with E-state index in [-0.39, 0.29) is 12.4 Å². The van der Waals surface area contributed by atoms with Crippen molar-refractivity contribution in [3.05, 3.63) is 19.6 Å². The van der Waals surface area contributed by atoms with E-state index in [4.69, 9.17) is 11.4 Å². The molecular formula is C3H7ClO3V-. The third-order valence-electron chi connectivity index (χ3n) is 0. The van der Waals surface area contributed by atoms with Gasteiger partial charge in [0.1, 0.15) is 0 Å². The van der Waals surface area contributed by atoms with E-state index in [0.717, 1.165) is 0 Å². The SMILES string of the molecule is C=C[CH2-].Cl.[O]=[V](=[O])[OH]. The number of rotatable bonds is 0. The summed E-state index contributed by atoms with van der Waals surface area (Å²) in [6.07, 6.45) is 1.50. The Morgan fingerprint density at radius 3 is 1.62 bits per heavy atom. The summed E-state index contributed by atoms with van der Waals surface area (Å²) < 4.78 is 24.4. The van der Waals surface area contributed by atoms with Crippen LogP contribution in [0.3, 0.4) is 0 Å². The summed E-state index contributed by atoms with van der Waals surface area (Å²) in [6.45, 7) is 6.50. The molecule has 0 aromatic carbocycles. The maximum absolute atomic E-state index is 8.67. The van der Waals surface area contributed by atoms with Crippen molar-refractivity contribution in [2.75, 3.05) is 0 Å². The minimum absolute atomic E-state index is 0. The molecule has 0 aromatic heterocycles. The molecule has 0 unspecified atom stereocenters. The van der Waals surface area contributed by atoms with Gasteiger partial charge >= 0.3 is 26.8 Å². The number of hydrogen-bond acceptors (Lipinski definition) is 2. The topological polar surface area (TPSA) is 54.4 Å². The summed E-state index contributed by atoms with van der Waals surface area (Å²) in [4.78, 5) is 0. The fraction of sp³-hybridized carbons (Fsp3) is 0. The van der Waals surface area contributed by atoms with Crippen LogP contribution in [0.1, 0.15) is 0 Å². The Labute approximate surface area is 59.2 Å². The van der Waals surface area contributed by atoms with E-state index in [1.54, 1.807) is 0 Å². The van der Waals surface area contributed by atoms with Gasteiger partial charge in [-0.25, -0.2) is 19.6 Å². The van der Waals surface area contributed by atoms with Crippen LogP contribution in [-0.4, -0.2) is 4.03 Å². The van der Waals surface area contributed by atoms with Crippen LogP contribution in [0.25, 0.3) is 0 Å². The van der Waals surface area contributed by atoms with Gasteiger partial charge in [-0.1, -0.05) is 0 Å². The first-order chi connectivity index (χ1) is 3.15. The fourth-order valence-electron chi connectivity index (χ4n) is 0. The standard InChI is InChI=1S/C3H5.ClH.H2O.2O.V/c1-3-2;;;;;/h3H,1-2H2;1H;1H2;;;/q-1;;;;;+1/p-1. The quantitative estimate of drug-likeness (QED) is 0.552. The van der Waals surface area contributed by atoms with Gasteiger partial charge in [0.05, 0.1) is 0 Å². The molecule has 8 heavy (non-hydrogen) atoms. The summed E-state index contributed by atoms with van der Waals surface area (Å²) in [7, 11) is 0. The predicted molar refractivity (Wildman–Crippen MR) is 26.4 cm³/mol. The van der Waals surface area contributed by atoms with Crippen LogP contribution in [0, 0.1) is 6.92 Å². The first-order valence-corrected chi connectivity index (χ1v) is 3.15. The Morgan fingerprint density at radius 2 is 1.62 bits per heavy atom. The summed E-state index contributed by atoms with van der Waals surface area (Å²) in [5.74, 6) is 0. The second-order valence-corrected chi connectivity index (χ2v) is 1.27. The van der Waals surface area contributed by atoms with Gasteiger partial charge in [-0.05, 0) is 0 Å². The van der Waals surface area contributed by atoms with Crippen molar-refractivity contribution in [3.8, 4) is 0 Å². The molecule has 0 bridgehead atoms. The predicted octanol–water partition coefficient (Wildman–Crippen LogP) is 0.631. The molecule has 0 aromatic rings. The molecule has 0 saturated heterocycles. The molecule has 1 N–H and O–H groups in total. The molecule has 3 nitrogen and oxygen atoms in total. The van der Waals surface area contributed by atoms with Gasteiger partial charge in [-0.15, -0.1) is 12.4 Å². The number of halogens is 1. The van der Waals surface area contributed by atoms with Crippen LogP contribution in [0.4, 0.5) is 0 Å². The summed E-state index contributed by atoms with van der Waals surface area (Å²) in [5, 5.41) is 0. The Morgan fingerprint density at radius 1 is 1.62 bits per heavy atom. The zero-order valence-electron chi connectivity index (χ0n) is 4.11. The normalized spacial score (nSPS) is 4.62. The van der Waals surface area contributed by atoms with E-state index in [1.807, 2.05) is 0 Å². The fourth-order valence-corrected chi connectivity index (χ4v) is 0. The van der Waals surface area contributed by atoms with Gasteiger partial charge in [-0.2, -0.15) is 0 Å². The molecule has 0 aliphatic rings. The Hall–Kier alpha value is 0.0444. The van der Waals surface area contributed by atoms with Gasteiger partial charge < -0.3 is 0 Å². The van der Waals surface area contributed by atoms with Crippen molar-refractivity contribution < 1.29 is 26.8 Å². The summed E-state index contributed by atoms with van der Waals surface area (Å²) in [5.41, 5.74) is 0. The van der Waals surface area contributed by atoms with Crippen molar-refractivity contribution in [1.82, 2.24) is 0 Å². The average Bonchev–Trinajstić information content (AvgIpc) is 1.33. The molecule has 0 fully saturated rings. The zero-order valence-corrected chi connectivity index (χ0v) is 6.32. The van der Waals surface area contributed by atoms with E-state index in [9.17, 15) is 0 Å². The van der Waals surface area contributed by atoms with Crippen LogP contribution in [-0.2, 0) is 22.7 Å². The zero-order chi connectivity index (χ0) is 6.28. The number of hydrogen-bond donors (Lipinski definition) is 1. The number of allylic oxidation sites excluding steroid dienone is 1. The Kier molecular flexibility index (Phi) is 30.9. The van der Waals surface area contributed by atoms with Gasteiger partial charge in [0.25, 0.3) is 0 Å². The van der Waals surface area contributed by atoms with Crippen LogP contribution < -0.4 is 0 Å². The second-order valence-electron chi connectivity index (χ2n) is 0.527. The first kappa shape index (κ1) is 15.7. The van der Waals surface area contributed by atoms with Crippen molar-refractivity contribution in [1.29, 1.82) is 0 Å². The molecular weight excluding hydrogens is 170 g/mol. The van der Waals surface area contributed by atoms with E-state index in [0.29, 0.717) is 0 Å². The summed E-state index contributed by atoms with van der Waals surface area (Å²) >= 11 is -3.69. The van der Waals surface area contributed by atoms with Gasteiger partial charge in [-0.3, -0.25) is 0 Å². The Bertz CT molecular complexity index is 90.7. The van der Waals surface area contributed by atoms with Crippen LogP contribution in [0.2, 0.25) is 0 Å². The van der Waals surface area contributed by atoms with E-state index in [2.05, 4.69) is 13.5 Å². The molecule has 0 spiro atoms. The van der Waals surface area contributed by atoms with Crippen molar-refractivity contribution in [3.63, 3.8) is 0 Å². The van der Waals surface area contributed by atoms with Gasteiger partial charge in [0.15, 0.2) is 0 Å². The monoisotopic (exact) mass is 177 g/mol. The molecule has 0 aliphatic carbocycles. The third-order valence-corrected chi connectivity index (χ3v) is 0. The average molecular weight is 177 g/mol. The first-order valence-electron chi connectivity index (χ1n) is 1.38. The van der Waals surface area contributed by atoms with Crippen molar-refractivity contribution >= 4 is 12.4 Å². The van der Waals surface area contributed by atoms with Crippen LogP contribution in [0.15, 0.2) is 12.7 Å². The van der Waals surface area contributed by atoms with E-state index < -0.39 is 15.4 Å². The molecule has 0 atom stereocenters. The maximum atomic E-state index is 8.67. The van der Waals surface area contributed by atoms with E-state index >= 15 is 0 Å². The van der Waals surface area contributed by atoms with Gasteiger partial charge in [0.2, 0.25) is 0 Å². The Balaban J connectivity index is -0.0000000575. The molecule has 0 amide bonds. The molecule has 5 heteroatoms. The van der Waals surface area contributed by atoms with Crippen molar-refractivity contribution in [2.45, 2.75) is 0 Å². The molecule has 50 valence electrons. The van der Waals surface area contributed by atoms with Crippen LogP contribution >= 0.6 is 12.4 Å². The van der Waals surface area contributed by atoms with E-state index in [1.165, 1.54) is 6.08 Å². The third kappa shape index (κ3) is 78000. The second kappa shape index (κ2) is 15.7. The van der Waals surface area contributed by atoms with Crippen LogP contribution in [0.5, 0.6) is 0 Å². The minimum atomic E-state index is -3.69.